The van der Waals surface area contributed by atoms with E-state index >= 15 is 0 Å². The number of aliphatic hydroxyl groups is 2. The third kappa shape index (κ3) is 7.23. The molecule has 3 N–H and O–H groups in total. The Balaban J connectivity index is 2.36. The van der Waals surface area contributed by atoms with Gasteiger partial charge in [0, 0.05) is 6.42 Å². The molecule has 0 saturated heterocycles. The Kier molecular flexibility index (Phi) is 9.09. The quantitative estimate of drug-likeness (QED) is 0.541. The lowest BCUT2D eigenvalue weighted by Gasteiger charge is -2.19. The van der Waals surface area contributed by atoms with E-state index in [-0.39, 0.29) is 24.5 Å². The average molecular weight is 310 g/mol. The molecular formula is C18H30O4. The van der Waals surface area contributed by atoms with Crippen molar-refractivity contribution in [1.82, 2.24) is 0 Å². The van der Waals surface area contributed by atoms with Crippen LogP contribution in [0.4, 0.5) is 0 Å². The van der Waals surface area contributed by atoms with Crippen LogP contribution in [-0.4, -0.2) is 33.5 Å². The van der Waals surface area contributed by atoms with E-state index in [2.05, 4.69) is 13.0 Å². The smallest absolute Gasteiger partial charge is 0.303 e. The molecular weight excluding hydrogens is 280 g/mol. The predicted molar refractivity (Wildman–Crippen MR) is 87.5 cm³/mol. The highest BCUT2D eigenvalue weighted by Gasteiger charge is 2.32. The number of allylic oxidation sites excluding steroid dienone is 3. The van der Waals surface area contributed by atoms with Gasteiger partial charge in [0.1, 0.15) is 0 Å². The summed E-state index contributed by atoms with van der Waals surface area (Å²) >= 11 is 0. The molecule has 0 aromatic carbocycles. The van der Waals surface area contributed by atoms with Crippen molar-refractivity contribution in [3.8, 4) is 0 Å². The minimum atomic E-state index is -0.772. The van der Waals surface area contributed by atoms with E-state index in [1.807, 2.05) is 18.2 Å². The van der Waals surface area contributed by atoms with Crippen LogP contribution in [-0.2, 0) is 4.79 Å². The van der Waals surface area contributed by atoms with Gasteiger partial charge in [-0.15, -0.1) is 0 Å². The van der Waals surface area contributed by atoms with Gasteiger partial charge in [-0.3, -0.25) is 4.79 Å². The highest BCUT2D eigenvalue weighted by molar-refractivity contribution is 5.66. The number of carboxylic acids is 1. The van der Waals surface area contributed by atoms with Gasteiger partial charge in [-0.1, -0.05) is 37.6 Å². The van der Waals surface area contributed by atoms with Gasteiger partial charge < -0.3 is 15.3 Å². The Bertz CT molecular complexity index is 375. The Morgan fingerprint density at radius 1 is 1.27 bits per heavy atom. The van der Waals surface area contributed by atoms with E-state index < -0.39 is 5.97 Å². The molecule has 0 heterocycles. The summed E-state index contributed by atoms with van der Waals surface area (Å²) in [5.41, 5.74) is 0. The number of carbonyl (C=O) groups is 1. The van der Waals surface area contributed by atoms with Crippen molar-refractivity contribution in [2.24, 2.45) is 11.8 Å². The third-order valence-electron chi connectivity index (χ3n) is 4.36. The van der Waals surface area contributed by atoms with Gasteiger partial charge in [0.2, 0.25) is 0 Å². The van der Waals surface area contributed by atoms with Gasteiger partial charge >= 0.3 is 5.97 Å². The normalized spacial score (nSPS) is 27.0. The van der Waals surface area contributed by atoms with Crippen molar-refractivity contribution in [3.05, 3.63) is 24.3 Å². The summed E-state index contributed by atoms with van der Waals surface area (Å²) in [5, 5.41) is 28.4. The van der Waals surface area contributed by atoms with Crippen LogP contribution in [0.15, 0.2) is 24.3 Å². The zero-order valence-electron chi connectivity index (χ0n) is 13.5. The number of rotatable bonds is 10. The molecule has 0 radical (unpaired) electrons. The molecule has 1 aliphatic rings. The Labute approximate surface area is 133 Å². The highest BCUT2D eigenvalue weighted by atomic mass is 16.4. The number of hydrogen-bond acceptors (Lipinski definition) is 3. The molecule has 0 aromatic heterocycles. The molecule has 0 bridgehead atoms. The molecule has 22 heavy (non-hydrogen) atoms. The van der Waals surface area contributed by atoms with Crippen LogP contribution in [0.3, 0.4) is 0 Å². The van der Waals surface area contributed by atoms with Gasteiger partial charge in [-0.25, -0.2) is 0 Å². The monoisotopic (exact) mass is 310 g/mol. The SMILES string of the molecule is CCCC(O)/C=C/C1CCC(O)C1CC/C=C\CCC(=O)O. The first-order chi connectivity index (χ1) is 10.5. The van der Waals surface area contributed by atoms with Crippen LogP contribution in [0.1, 0.15) is 58.3 Å². The minimum absolute atomic E-state index is 0.170. The third-order valence-corrected chi connectivity index (χ3v) is 4.36. The summed E-state index contributed by atoms with van der Waals surface area (Å²) in [6.07, 6.45) is 13.3. The van der Waals surface area contributed by atoms with Crippen LogP contribution < -0.4 is 0 Å². The standard InChI is InChI=1S/C18H30O4/c1-2-7-15(19)12-10-14-11-13-17(20)16(14)8-5-3-4-6-9-18(21)22/h3-4,10,12,14-17,19-20H,2,5-9,11,13H2,1H3,(H,21,22)/b4-3-,12-10+. The van der Waals surface area contributed by atoms with Crippen LogP contribution in [0, 0.1) is 11.8 Å². The van der Waals surface area contributed by atoms with Crippen LogP contribution in [0.25, 0.3) is 0 Å². The van der Waals surface area contributed by atoms with Crippen molar-refractivity contribution in [2.75, 3.05) is 0 Å². The molecule has 4 heteroatoms. The van der Waals surface area contributed by atoms with Crippen LogP contribution in [0.2, 0.25) is 0 Å². The number of aliphatic hydroxyl groups excluding tert-OH is 2. The fourth-order valence-electron chi connectivity index (χ4n) is 3.12. The van der Waals surface area contributed by atoms with E-state index in [1.165, 1.54) is 0 Å². The zero-order chi connectivity index (χ0) is 16.4. The number of carboxylic acid groups (broad SMARTS) is 1. The fraction of sp³-hybridized carbons (Fsp3) is 0.722. The maximum atomic E-state index is 10.4. The molecule has 126 valence electrons. The molecule has 0 aliphatic heterocycles. The maximum Gasteiger partial charge on any atom is 0.303 e. The molecule has 1 saturated carbocycles. The van der Waals surface area contributed by atoms with Gasteiger partial charge in [0.25, 0.3) is 0 Å². The lowest BCUT2D eigenvalue weighted by Crippen LogP contribution is -2.18. The molecule has 1 rings (SSSR count). The minimum Gasteiger partial charge on any atom is -0.481 e. The van der Waals surface area contributed by atoms with Crippen molar-refractivity contribution in [3.63, 3.8) is 0 Å². The summed E-state index contributed by atoms with van der Waals surface area (Å²) in [7, 11) is 0. The predicted octanol–water partition coefficient (Wildman–Crippen LogP) is 3.29. The second-order valence-corrected chi connectivity index (χ2v) is 6.19. The maximum absolute atomic E-state index is 10.4. The summed E-state index contributed by atoms with van der Waals surface area (Å²) in [6, 6.07) is 0. The summed E-state index contributed by atoms with van der Waals surface area (Å²) in [5.74, 6) is -0.185. The molecule has 0 aromatic rings. The lowest BCUT2D eigenvalue weighted by molar-refractivity contribution is -0.136. The summed E-state index contributed by atoms with van der Waals surface area (Å²) < 4.78 is 0. The Morgan fingerprint density at radius 3 is 2.68 bits per heavy atom. The van der Waals surface area contributed by atoms with Crippen molar-refractivity contribution in [1.29, 1.82) is 0 Å². The first-order valence-corrected chi connectivity index (χ1v) is 8.45. The molecule has 4 unspecified atom stereocenters. The fourth-order valence-corrected chi connectivity index (χ4v) is 3.12. The first kappa shape index (κ1) is 18.9. The number of hydrogen-bond donors (Lipinski definition) is 3. The van der Waals surface area contributed by atoms with Crippen LogP contribution >= 0.6 is 0 Å². The second kappa shape index (κ2) is 10.6. The second-order valence-electron chi connectivity index (χ2n) is 6.19. The molecule has 4 atom stereocenters. The van der Waals surface area contributed by atoms with E-state index in [4.69, 9.17) is 5.11 Å². The van der Waals surface area contributed by atoms with Gasteiger partial charge in [0.15, 0.2) is 0 Å². The molecule has 0 spiro atoms. The van der Waals surface area contributed by atoms with Crippen molar-refractivity contribution in [2.45, 2.75) is 70.5 Å². The zero-order valence-corrected chi connectivity index (χ0v) is 13.5. The van der Waals surface area contributed by atoms with Crippen LogP contribution in [0.5, 0.6) is 0 Å². The first-order valence-electron chi connectivity index (χ1n) is 8.45. The highest BCUT2D eigenvalue weighted by Crippen LogP contribution is 2.36. The van der Waals surface area contributed by atoms with Gasteiger partial charge in [-0.05, 0) is 50.4 Å². The van der Waals surface area contributed by atoms with Crippen molar-refractivity contribution < 1.29 is 20.1 Å². The molecule has 1 fully saturated rings. The molecule has 1 aliphatic carbocycles. The van der Waals surface area contributed by atoms with E-state index in [0.29, 0.717) is 12.3 Å². The molecule has 4 nitrogen and oxygen atoms in total. The topological polar surface area (TPSA) is 77.8 Å². The molecule has 0 amide bonds. The van der Waals surface area contributed by atoms with Crippen molar-refractivity contribution >= 4 is 5.97 Å². The van der Waals surface area contributed by atoms with E-state index in [1.54, 1.807) is 0 Å². The number of aliphatic carboxylic acids is 1. The van der Waals surface area contributed by atoms with Gasteiger partial charge in [-0.2, -0.15) is 0 Å². The largest absolute Gasteiger partial charge is 0.481 e. The Hall–Kier alpha value is -1.13. The summed E-state index contributed by atoms with van der Waals surface area (Å²) in [4.78, 5) is 10.4. The van der Waals surface area contributed by atoms with E-state index in [9.17, 15) is 15.0 Å². The lowest BCUT2D eigenvalue weighted by atomic mass is 9.89. The van der Waals surface area contributed by atoms with Gasteiger partial charge in [0.05, 0.1) is 12.2 Å². The van der Waals surface area contributed by atoms with E-state index in [0.717, 1.165) is 38.5 Å². The summed E-state index contributed by atoms with van der Waals surface area (Å²) in [6.45, 7) is 2.05. The average Bonchev–Trinajstić information content (AvgIpc) is 2.81. The Morgan fingerprint density at radius 2 is 2.00 bits per heavy atom.